The second-order valence-electron chi connectivity index (χ2n) is 7.62. The van der Waals surface area contributed by atoms with E-state index in [4.69, 9.17) is 19.5 Å². The van der Waals surface area contributed by atoms with Gasteiger partial charge in [-0.1, -0.05) is 37.1 Å². The summed E-state index contributed by atoms with van der Waals surface area (Å²) < 4.78 is 11.2. The summed E-state index contributed by atoms with van der Waals surface area (Å²) in [6.45, 7) is 0. The number of ether oxygens (including phenoxy) is 2. The summed E-state index contributed by atoms with van der Waals surface area (Å²) >= 11 is 0. The Hall–Kier alpha value is -2.88. The Bertz CT molecular complexity index is 1070. The third-order valence-electron chi connectivity index (χ3n) is 6.08. The second kappa shape index (κ2) is 6.93. The van der Waals surface area contributed by atoms with Crippen LogP contribution in [0.1, 0.15) is 48.4 Å². The fourth-order valence-corrected chi connectivity index (χ4v) is 4.67. The van der Waals surface area contributed by atoms with Crippen molar-refractivity contribution >= 4 is 16.6 Å². The average Bonchev–Trinajstić information content (AvgIpc) is 2.77. The minimum Gasteiger partial charge on any atom is -0.493 e. The molecule has 2 aliphatic rings. The summed E-state index contributed by atoms with van der Waals surface area (Å²) in [5, 5.41) is 1.14. The number of aromatic nitrogens is 1. The first kappa shape index (κ1) is 17.2. The SMILES string of the molecule is COc1cc2c(cc1OC)[C@H]1CCCC[C@H]1N=C2c1ccc2ccccc2n1. The third kappa shape index (κ3) is 2.75. The van der Waals surface area contributed by atoms with Gasteiger partial charge < -0.3 is 9.47 Å². The lowest BCUT2D eigenvalue weighted by Crippen LogP contribution is -2.30. The predicted octanol–water partition coefficient (Wildman–Crippen LogP) is 5.13. The minimum atomic E-state index is 0.322. The number of hydrogen-bond donors (Lipinski definition) is 0. The van der Waals surface area contributed by atoms with E-state index in [1.54, 1.807) is 14.2 Å². The van der Waals surface area contributed by atoms with Gasteiger partial charge in [-0.05, 0) is 42.7 Å². The Labute approximate surface area is 165 Å². The van der Waals surface area contributed by atoms with Gasteiger partial charge in [-0.25, -0.2) is 4.98 Å². The Morgan fingerprint density at radius 3 is 2.54 bits per heavy atom. The lowest BCUT2D eigenvalue weighted by Gasteiger charge is -2.35. The minimum absolute atomic E-state index is 0.322. The van der Waals surface area contributed by atoms with E-state index in [1.807, 2.05) is 12.1 Å². The van der Waals surface area contributed by atoms with Crippen LogP contribution in [0.5, 0.6) is 11.5 Å². The van der Waals surface area contributed by atoms with Crippen molar-refractivity contribution in [3.63, 3.8) is 0 Å². The summed E-state index contributed by atoms with van der Waals surface area (Å²) in [7, 11) is 3.38. The zero-order chi connectivity index (χ0) is 19.1. The number of benzene rings is 2. The van der Waals surface area contributed by atoms with Gasteiger partial charge in [0.25, 0.3) is 0 Å². The Morgan fingerprint density at radius 2 is 1.68 bits per heavy atom. The van der Waals surface area contributed by atoms with E-state index >= 15 is 0 Å². The maximum Gasteiger partial charge on any atom is 0.161 e. The van der Waals surface area contributed by atoms with Gasteiger partial charge in [0.15, 0.2) is 11.5 Å². The number of para-hydroxylation sites is 1. The largest absolute Gasteiger partial charge is 0.493 e. The molecule has 1 aromatic heterocycles. The molecule has 1 aliphatic carbocycles. The van der Waals surface area contributed by atoms with E-state index in [1.165, 1.54) is 24.8 Å². The number of hydrogen-bond acceptors (Lipinski definition) is 4. The number of aliphatic imine (C=N–C) groups is 1. The number of methoxy groups -OCH3 is 2. The topological polar surface area (TPSA) is 43.7 Å². The highest BCUT2D eigenvalue weighted by molar-refractivity contribution is 6.14. The molecular formula is C24H24N2O2. The van der Waals surface area contributed by atoms with E-state index in [0.717, 1.165) is 45.8 Å². The van der Waals surface area contributed by atoms with Crippen LogP contribution in [-0.4, -0.2) is 31.0 Å². The van der Waals surface area contributed by atoms with Crippen molar-refractivity contribution in [1.82, 2.24) is 4.98 Å². The zero-order valence-corrected chi connectivity index (χ0v) is 16.3. The normalized spacial score (nSPS) is 20.9. The van der Waals surface area contributed by atoms with E-state index in [2.05, 4.69) is 36.4 Å². The van der Waals surface area contributed by atoms with Crippen molar-refractivity contribution in [1.29, 1.82) is 0 Å². The summed E-state index contributed by atoms with van der Waals surface area (Å²) in [6.07, 6.45) is 4.81. The second-order valence-corrected chi connectivity index (χ2v) is 7.62. The molecule has 0 unspecified atom stereocenters. The molecule has 142 valence electrons. The van der Waals surface area contributed by atoms with E-state index < -0.39 is 0 Å². The number of pyridine rings is 1. The van der Waals surface area contributed by atoms with Gasteiger partial charge in [0.1, 0.15) is 0 Å². The Kier molecular flexibility index (Phi) is 4.27. The molecule has 1 aliphatic heterocycles. The van der Waals surface area contributed by atoms with Crippen molar-refractivity contribution in [3.05, 3.63) is 65.4 Å². The van der Waals surface area contributed by atoms with Crippen LogP contribution in [0.3, 0.4) is 0 Å². The quantitative estimate of drug-likeness (QED) is 0.640. The molecule has 28 heavy (non-hydrogen) atoms. The van der Waals surface area contributed by atoms with Gasteiger partial charge in [-0.3, -0.25) is 4.99 Å². The van der Waals surface area contributed by atoms with Crippen LogP contribution in [0.25, 0.3) is 10.9 Å². The molecule has 2 atom stereocenters. The fraction of sp³-hybridized carbons (Fsp3) is 0.333. The Morgan fingerprint density at radius 1 is 0.893 bits per heavy atom. The molecule has 3 aromatic rings. The van der Waals surface area contributed by atoms with Crippen LogP contribution < -0.4 is 9.47 Å². The monoisotopic (exact) mass is 372 g/mol. The van der Waals surface area contributed by atoms with E-state index in [9.17, 15) is 0 Å². The zero-order valence-electron chi connectivity index (χ0n) is 16.3. The molecule has 0 radical (unpaired) electrons. The molecule has 1 saturated carbocycles. The highest BCUT2D eigenvalue weighted by Gasteiger charge is 2.35. The molecule has 4 heteroatoms. The highest BCUT2D eigenvalue weighted by Crippen LogP contribution is 2.44. The van der Waals surface area contributed by atoms with E-state index in [0.29, 0.717) is 12.0 Å². The first-order chi connectivity index (χ1) is 13.8. The van der Waals surface area contributed by atoms with Crippen LogP contribution in [0.15, 0.2) is 53.5 Å². The number of rotatable bonds is 3. The maximum atomic E-state index is 5.60. The molecule has 0 saturated heterocycles. The van der Waals surface area contributed by atoms with Gasteiger partial charge in [-0.2, -0.15) is 0 Å². The summed E-state index contributed by atoms with van der Waals surface area (Å²) in [6, 6.07) is 17.0. The highest BCUT2D eigenvalue weighted by atomic mass is 16.5. The van der Waals surface area contributed by atoms with Crippen molar-refractivity contribution in [3.8, 4) is 11.5 Å². The molecule has 0 spiro atoms. The maximum absolute atomic E-state index is 5.60. The van der Waals surface area contributed by atoms with Gasteiger partial charge in [0.05, 0.1) is 37.2 Å². The molecule has 0 bridgehead atoms. The van der Waals surface area contributed by atoms with Crippen LogP contribution >= 0.6 is 0 Å². The van der Waals surface area contributed by atoms with Crippen molar-refractivity contribution < 1.29 is 9.47 Å². The summed E-state index contributed by atoms with van der Waals surface area (Å²) in [4.78, 5) is 10.1. The predicted molar refractivity (Wildman–Crippen MR) is 112 cm³/mol. The van der Waals surface area contributed by atoms with Crippen LogP contribution in [-0.2, 0) is 0 Å². The molecule has 0 N–H and O–H groups in total. The van der Waals surface area contributed by atoms with Crippen LogP contribution in [0.2, 0.25) is 0 Å². The smallest absolute Gasteiger partial charge is 0.161 e. The van der Waals surface area contributed by atoms with Crippen molar-refractivity contribution in [2.45, 2.75) is 37.6 Å². The average molecular weight is 372 g/mol. The lowest BCUT2D eigenvalue weighted by molar-refractivity contribution is 0.349. The molecule has 2 aromatic carbocycles. The number of nitrogens with zero attached hydrogens (tertiary/aromatic N) is 2. The molecule has 4 nitrogen and oxygen atoms in total. The van der Waals surface area contributed by atoms with Gasteiger partial charge in [0.2, 0.25) is 0 Å². The fourth-order valence-electron chi connectivity index (χ4n) is 4.67. The molecule has 0 amide bonds. The Balaban J connectivity index is 1.71. The van der Waals surface area contributed by atoms with Crippen LogP contribution in [0.4, 0.5) is 0 Å². The molecular weight excluding hydrogens is 348 g/mol. The summed E-state index contributed by atoms with van der Waals surface area (Å²) in [5.41, 5.74) is 5.35. The first-order valence-electron chi connectivity index (χ1n) is 9.99. The first-order valence-corrected chi connectivity index (χ1v) is 9.99. The van der Waals surface area contributed by atoms with Crippen molar-refractivity contribution in [2.24, 2.45) is 4.99 Å². The molecule has 5 rings (SSSR count). The van der Waals surface area contributed by atoms with Gasteiger partial charge in [0, 0.05) is 16.9 Å². The number of fused-ring (bicyclic) bond motifs is 4. The molecule has 2 heterocycles. The molecule has 1 fully saturated rings. The van der Waals surface area contributed by atoms with E-state index in [-0.39, 0.29) is 0 Å². The van der Waals surface area contributed by atoms with Gasteiger partial charge >= 0.3 is 0 Å². The van der Waals surface area contributed by atoms with Gasteiger partial charge in [-0.15, -0.1) is 0 Å². The lowest BCUT2D eigenvalue weighted by atomic mass is 9.75. The summed E-state index contributed by atoms with van der Waals surface area (Å²) in [5.74, 6) is 1.98. The third-order valence-corrected chi connectivity index (χ3v) is 6.08. The van der Waals surface area contributed by atoms with Crippen molar-refractivity contribution in [2.75, 3.05) is 14.2 Å². The van der Waals surface area contributed by atoms with Crippen LogP contribution in [0, 0.1) is 0 Å². The standard InChI is InChI=1S/C24H24N2O2/c1-27-22-13-17-16-8-4-6-10-20(16)26-24(18(17)14-23(22)28-2)21-12-11-15-7-3-5-9-19(15)25-21/h3,5,7,9,11-14,16,20H,4,6,8,10H2,1-2H3/t16-,20-/m1/s1.